The minimum Gasteiger partial charge on any atom is -0.322 e. The van der Waals surface area contributed by atoms with Gasteiger partial charge in [-0.25, -0.2) is 0 Å². The predicted molar refractivity (Wildman–Crippen MR) is 136 cm³/mol. The molecule has 7 heteroatoms. The summed E-state index contributed by atoms with van der Waals surface area (Å²) in [4.78, 5) is 14.1. The summed E-state index contributed by atoms with van der Waals surface area (Å²) in [5.74, 6) is -0.265. The predicted octanol–water partition coefficient (Wildman–Crippen LogP) is 7.03. The zero-order valence-corrected chi connectivity index (χ0v) is 20.0. The van der Waals surface area contributed by atoms with Crippen molar-refractivity contribution < 1.29 is 4.79 Å². The molecule has 4 rings (SSSR count). The number of nitrogens with one attached hydrogen (secondary N) is 1. The summed E-state index contributed by atoms with van der Waals surface area (Å²) in [6, 6.07) is 17.2. The first-order valence-electron chi connectivity index (χ1n) is 10.8. The first-order chi connectivity index (χ1) is 15.9. The van der Waals surface area contributed by atoms with Gasteiger partial charge in [0.2, 0.25) is 5.91 Å². The molecule has 0 aliphatic heterocycles. The van der Waals surface area contributed by atoms with E-state index in [-0.39, 0.29) is 5.91 Å². The van der Waals surface area contributed by atoms with Crippen LogP contribution in [0, 0.1) is 6.92 Å². The zero-order valence-electron chi connectivity index (χ0n) is 18.5. The molecule has 5 nitrogen and oxygen atoms in total. The van der Waals surface area contributed by atoms with Crippen LogP contribution < -0.4 is 5.32 Å². The van der Waals surface area contributed by atoms with Crippen molar-refractivity contribution in [1.29, 1.82) is 0 Å². The number of fused-ring (bicyclic) bond motifs is 1. The Morgan fingerprint density at radius 1 is 1.03 bits per heavy atom. The Morgan fingerprint density at radius 2 is 1.76 bits per heavy atom. The summed E-state index contributed by atoms with van der Waals surface area (Å²) in [6.45, 7) is 4.12. The summed E-state index contributed by atoms with van der Waals surface area (Å²) in [6.07, 6.45) is 6.53. The number of hydrogen-bond donors (Lipinski definition) is 1. The highest BCUT2D eigenvalue weighted by atomic mass is 35.5. The Morgan fingerprint density at radius 3 is 2.45 bits per heavy atom. The molecule has 0 radical (unpaired) electrons. The molecular formula is C26H24Cl2N4O. The highest BCUT2D eigenvalue weighted by Crippen LogP contribution is 2.24. The second-order valence-corrected chi connectivity index (χ2v) is 8.75. The lowest BCUT2D eigenvalue weighted by Crippen LogP contribution is -2.09. The lowest BCUT2D eigenvalue weighted by atomic mass is 10.1. The molecule has 0 bridgehead atoms. The van der Waals surface area contributed by atoms with Crippen molar-refractivity contribution in [2.75, 3.05) is 5.32 Å². The second-order valence-electron chi connectivity index (χ2n) is 7.90. The average molecular weight is 479 g/mol. The monoisotopic (exact) mass is 478 g/mol. The van der Waals surface area contributed by atoms with Gasteiger partial charge in [0.05, 0.1) is 5.69 Å². The molecule has 1 amide bonds. The number of aromatic nitrogens is 3. The molecule has 0 saturated heterocycles. The molecule has 0 aliphatic carbocycles. The number of carbonyl (C=O) groups is 1. The number of benzene rings is 3. The van der Waals surface area contributed by atoms with Gasteiger partial charge in [-0.05, 0) is 78.9 Å². The largest absolute Gasteiger partial charge is 0.322 e. The lowest BCUT2D eigenvalue weighted by molar-refractivity contribution is -0.111. The maximum Gasteiger partial charge on any atom is 0.248 e. The number of anilines is 1. The fourth-order valence-corrected chi connectivity index (χ4v) is 3.94. The molecule has 0 aliphatic rings. The van der Waals surface area contributed by atoms with E-state index in [0.717, 1.165) is 23.2 Å². The van der Waals surface area contributed by atoms with Gasteiger partial charge in [-0.2, -0.15) is 4.80 Å². The van der Waals surface area contributed by atoms with Crippen molar-refractivity contribution >= 4 is 51.9 Å². The Balaban J connectivity index is 1.51. The van der Waals surface area contributed by atoms with Crippen molar-refractivity contribution in [3.63, 3.8) is 0 Å². The third-order valence-electron chi connectivity index (χ3n) is 5.35. The molecule has 1 N–H and O–H groups in total. The molecule has 0 unspecified atom stereocenters. The first kappa shape index (κ1) is 23.0. The average Bonchev–Trinajstić information content (AvgIpc) is 3.20. The number of rotatable bonds is 7. The summed E-state index contributed by atoms with van der Waals surface area (Å²) < 4.78 is 0. The normalized spacial score (nSPS) is 11.4. The van der Waals surface area contributed by atoms with Crippen LogP contribution in [0.4, 0.5) is 5.69 Å². The lowest BCUT2D eigenvalue weighted by Gasteiger charge is -2.06. The number of halogens is 2. The second kappa shape index (κ2) is 10.2. The third kappa shape index (κ3) is 5.62. The summed E-state index contributed by atoms with van der Waals surface area (Å²) in [5.41, 5.74) is 5.98. The van der Waals surface area contributed by atoms with Crippen LogP contribution in [0.1, 0.15) is 36.5 Å². The fraction of sp³-hybridized carbons (Fsp3) is 0.192. The van der Waals surface area contributed by atoms with E-state index in [2.05, 4.69) is 34.6 Å². The molecule has 1 aromatic heterocycles. The molecule has 0 fully saturated rings. The van der Waals surface area contributed by atoms with Gasteiger partial charge >= 0.3 is 0 Å². The Labute approximate surface area is 203 Å². The Bertz CT molecular complexity index is 1330. The van der Waals surface area contributed by atoms with Crippen LogP contribution in [0.15, 0.2) is 60.7 Å². The number of carbonyl (C=O) groups excluding carboxylic acids is 1. The van der Waals surface area contributed by atoms with Crippen molar-refractivity contribution in [1.82, 2.24) is 15.0 Å². The van der Waals surface area contributed by atoms with E-state index in [1.54, 1.807) is 29.1 Å². The van der Waals surface area contributed by atoms with Gasteiger partial charge < -0.3 is 5.32 Å². The van der Waals surface area contributed by atoms with Gasteiger partial charge in [0.1, 0.15) is 11.0 Å². The number of amides is 1. The summed E-state index contributed by atoms with van der Waals surface area (Å²) in [5, 5.41) is 13.1. The van der Waals surface area contributed by atoms with Gasteiger partial charge in [0.25, 0.3) is 0 Å². The van der Waals surface area contributed by atoms with Crippen LogP contribution in [-0.4, -0.2) is 20.9 Å². The highest BCUT2D eigenvalue weighted by molar-refractivity contribution is 6.35. The molecule has 33 heavy (non-hydrogen) atoms. The third-order valence-corrected chi connectivity index (χ3v) is 5.91. The molecule has 0 atom stereocenters. The van der Waals surface area contributed by atoms with Crippen LogP contribution >= 0.6 is 23.2 Å². The topological polar surface area (TPSA) is 59.8 Å². The molecule has 168 valence electrons. The quantitative estimate of drug-likeness (QED) is 0.290. The van der Waals surface area contributed by atoms with Gasteiger partial charge in [0.15, 0.2) is 0 Å². The fourth-order valence-electron chi connectivity index (χ4n) is 3.47. The molecule has 4 aromatic rings. The van der Waals surface area contributed by atoms with Gasteiger partial charge in [-0.3, -0.25) is 4.79 Å². The van der Waals surface area contributed by atoms with E-state index in [4.69, 9.17) is 23.2 Å². The van der Waals surface area contributed by atoms with Crippen LogP contribution in [0.3, 0.4) is 0 Å². The number of nitrogens with zero attached hydrogens (tertiary/aromatic N) is 3. The number of aryl methyl sites for hydroxylation is 2. The minimum atomic E-state index is -0.265. The summed E-state index contributed by atoms with van der Waals surface area (Å²) in [7, 11) is 0. The number of hydrogen-bond acceptors (Lipinski definition) is 3. The number of unbranched alkanes of at least 4 members (excludes halogenated alkanes) is 1. The van der Waals surface area contributed by atoms with Crippen molar-refractivity contribution in [3.8, 4) is 5.69 Å². The van der Waals surface area contributed by atoms with E-state index >= 15 is 0 Å². The van der Waals surface area contributed by atoms with Gasteiger partial charge in [0, 0.05) is 21.8 Å². The maximum atomic E-state index is 12.5. The van der Waals surface area contributed by atoms with Gasteiger partial charge in [-0.15, -0.1) is 10.2 Å². The van der Waals surface area contributed by atoms with Crippen LogP contribution in [0.25, 0.3) is 22.8 Å². The molecule has 0 spiro atoms. The Hall–Kier alpha value is -3.15. The van der Waals surface area contributed by atoms with Crippen molar-refractivity contribution in [2.45, 2.75) is 33.1 Å². The van der Waals surface area contributed by atoms with E-state index in [1.165, 1.54) is 24.5 Å². The van der Waals surface area contributed by atoms with E-state index in [0.29, 0.717) is 26.8 Å². The Kier molecular flexibility index (Phi) is 7.11. The molecule has 3 aromatic carbocycles. The van der Waals surface area contributed by atoms with Crippen LogP contribution in [0.2, 0.25) is 10.0 Å². The van der Waals surface area contributed by atoms with E-state index < -0.39 is 0 Å². The molecule has 1 heterocycles. The minimum absolute atomic E-state index is 0.265. The van der Waals surface area contributed by atoms with Crippen molar-refractivity contribution in [2.24, 2.45) is 0 Å². The van der Waals surface area contributed by atoms with Crippen LogP contribution in [0.5, 0.6) is 0 Å². The highest BCUT2D eigenvalue weighted by Gasteiger charge is 2.10. The van der Waals surface area contributed by atoms with Gasteiger partial charge in [-0.1, -0.05) is 54.7 Å². The zero-order chi connectivity index (χ0) is 23.4. The smallest absolute Gasteiger partial charge is 0.248 e. The first-order valence-corrected chi connectivity index (χ1v) is 11.6. The molecule has 0 saturated carbocycles. The van der Waals surface area contributed by atoms with E-state index in [1.807, 2.05) is 31.2 Å². The van der Waals surface area contributed by atoms with Crippen molar-refractivity contribution in [3.05, 3.63) is 87.4 Å². The standard InChI is InChI=1S/C26H24Cl2N4O/c1-3-4-5-18-6-11-21(12-7-18)32-30-24-14-17(2)23(16-25(24)31-32)29-26(33)13-9-19-8-10-20(27)15-22(19)28/h6-16H,3-5H2,1-2H3,(H,29,33). The molecular weight excluding hydrogens is 455 g/mol. The summed E-state index contributed by atoms with van der Waals surface area (Å²) >= 11 is 12.1. The SMILES string of the molecule is CCCCc1ccc(-n2nc3cc(C)c(NC(=O)C=Cc4ccc(Cl)cc4Cl)cc3n2)cc1. The van der Waals surface area contributed by atoms with Crippen LogP contribution in [-0.2, 0) is 11.2 Å². The van der Waals surface area contributed by atoms with E-state index in [9.17, 15) is 4.79 Å². The maximum absolute atomic E-state index is 12.5.